The normalized spacial score (nSPS) is 11.3. The van der Waals surface area contributed by atoms with Crippen LogP contribution in [0.1, 0.15) is 6.92 Å². The van der Waals surface area contributed by atoms with Crippen molar-refractivity contribution in [2.45, 2.75) is 6.92 Å². The van der Waals surface area contributed by atoms with Crippen molar-refractivity contribution in [1.29, 1.82) is 0 Å². The molecule has 76 valence electrons. The lowest BCUT2D eigenvalue weighted by Gasteiger charge is -1.95. The number of ketones is 1. The first kappa shape index (κ1) is 9.32. The lowest BCUT2D eigenvalue weighted by atomic mass is 10.4. The fraction of sp³-hybridized carbons (Fsp3) is 0.111. The van der Waals surface area contributed by atoms with Crippen molar-refractivity contribution in [1.82, 2.24) is 19.5 Å². The van der Waals surface area contributed by atoms with Gasteiger partial charge in [0.2, 0.25) is 0 Å². The predicted molar refractivity (Wildman–Crippen MR) is 55.7 cm³/mol. The Bertz CT molecular complexity index is 542. The molecule has 0 fully saturated rings. The standard InChI is InChI=1S/C9H9N5O/c1-6(15)2-3-14-5-13-7-8(10)11-4-12-9(7)14/h2-5H,1H3,(H2,10,11,12)/b3-2+. The molecule has 6 nitrogen and oxygen atoms in total. The molecule has 0 amide bonds. The van der Waals surface area contributed by atoms with E-state index < -0.39 is 0 Å². The summed E-state index contributed by atoms with van der Waals surface area (Å²) in [5.41, 5.74) is 6.72. The molecule has 2 heterocycles. The molecule has 0 aliphatic heterocycles. The molecule has 6 heteroatoms. The van der Waals surface area contributed by atoms with Gasteiger partial charge in [-0.25, -0.2) is 15.0 Å². The van der Waals surface area contributed by atoms with Gasteiger partial charge in [-0.2, -0.15) is 0 Å². The van der Waals surface area contributed by atoms with Crippen LogP contribution in [-0.2, 0) is 4.79 Å². The fourth-order valence-corrected chi connectivity index (χ4v) is 1.16. The van der Waals surface area contributed by atoms with E-state index in [9.17, 15) is 4.79 Å². The van der Waals surface area contributed by atoms with Crippen LogP contribution >= 0.6 is 0 Å². The van der Waals surface area contributed by atoms with Crippen molar-refractivity contribution in [3.05, 3.63) is 18.7 Å². The van der Waals surface area contributed by atoms with E-state index in [2.05, 4.69) is 15.0 Å². The Hall–Kier alpha value is -2.24. The summed E-state index contributed by atoms with van der Waals surface area (Å²) in [6.45, 7) is 1.47. The van der Waals surface area contributed by atoms with Crippen molar-refractivity contribution in [3.63, 3.8) is 0 Å². The summed E-state index contributed by atoms with van der Waals surface area (Å²) >= 11 is 0. The Kier molecular flexibility index (Phi) is 2.17. The van der Waals surface area contributed by atoms with Crippen LogP contribution < -0.4 is 5.73 Å². The number of rotatable bonds is 2. The van der Waals surface area contributed by atoms with E-state index in [0.717, 1.165) is 0 Å². The highest BCUT2D eigenvalue weighted by Gasteiger charge is 2.05. The van der Waals surface area contributed by atoms with Gasteiger partial charge < -0.3 is 5.73 Å². The predicted octanol–water partition coefficient (Wildman–Crippen LogP) is 0.468. The van der Waals surface area contributed by atoms with Crippen molar-refractivity contribution in [3.8, 4) is 0 Å². The minimum Gasteiger partial charge on any atom is -0.382 e. The van der Waals surface area contributed by atoms with Gasteiger partial charge in [0.05, 0.1) is 0 Å². The number of hydrogen-bond acceptors (Lipinski definition) is 5. The van der Waals surface area contributed by atoms with E-state index in [4.69, 9.17) is 5.73 Å². The molecular formula is C9H9N5O. The highest BCUT2D eigenvalue weighted by atomic mass is 16.1. The lowest BCUT2D eigenvalue weighted by Crippen LogP contribution is -1.94. The van der Waals surface area contributed by atoms with Gasteiger partial charge in [0, 0.05) is 6.20 Å². The summed E-state index contributed by atoms with van der Waals surface area (Å²) in [7, 11) is 0. The average Bonchev–Trinajstić information content (AvgIpc) is 2.59. The van der Waals surface area contributed by atoms with Gasteiger partial charge in [0.25, 0.3) is 0 Å². The molecule has 0 aliphatic carbocycles. The van der Waals surface area contributed by atoms with Gasteiger partial charge in [-0.15, -0.1) is 0 Å². The Morgan fingerprint density at radius 3 is 3.00 bits per heavy atom. The van der Waals surface area contributed by atoms with Gasteiger partial charge in [-0.3, -0.25) is 9.36 Å². The molecule has 2 N–H and O–H groups in total. The zero-order valence-electron chi connectivity index (χ0n) is 8.08. The molecule has 0 aliphatic rings. The molecule has 0 unspecified atom stereocenters. The molecule has 0 saturated carbocycles. The van der Waals surface area contributed by atoms with Crippen LogP contribution in [0.5, 0.6) is 0 Å². The van der Waals surface area contributed by atoms with Gasteiger partial charge in [0.1, 0.15) is 12.7 Å². The van der Waals surface area contributed by atoms with E-state index in [1.807, 2.05) is 0 Å². The molecule has 0 bridgehead atoms. The third-order valence-electron chi connectivity index (χ3n) is 1.86. The Morgan fingerprint density at radius 1 is 1.47 bits per heavy atom. The zero-order chi connectivity index (χ0) is 10.8. The van der Waals surface area contributed by atoms with Crippen molar-refractivity contribution >= 4 is 29.0 Å². The summed E-state index contributed by atoms with van der Waals surface area (Å²) in [6, 6.07) is 0. The molecule has 2 aromatic rings. The first-order valence-corrected chi connectivity index (χ1v) is 4.30. The van der Waals surface area contributed by atoms with Crippen molar-refractivity contribution in [2.75, 3.05) is 5.73 Å². The van der Waals surface area contributed by atoms with Crippen LogP contribution in [0, 0.1) is 0 Å². The number of nitrogens with zero attached hydrogens (tertiary/aromatic N) is 4. The van der Waals surface area contributed by atoms with Gasteiger partial charge >= 0.3 is 0 Å². The average molecular weight is 203 g/mol. The van der Waals surface area contributed by atoms with Crippen LogP contribution in [-0.4, -0.2) is 25.3 Å². The largest absolute Gasteiger partial charge is 0.382 e. The fourth-order valence-electron chi connectivity index (χ4n) is 1.16. The smallest absolute Gasteiger partial charge is 0.169 e. The molecule has 0 spiro atoms. The third kappa shape index (κ3) is 1.69. The number of fused-ring (bicyclic) bond motifs is 1. The number of anilines is 1. The molecule has 2 aromatic heterocycles. The number of imidazole rings is 1. The highest BCUT2D eigenvalue weighted by molar-refractivity contribution is 5.91. The van der Waals surface area contributed by atoms with Gasteiger partial charge in [0.15, 0.2) is 22.8 Å². The number of aromatic nitrogens is 4. The van der Waals surface area contributed by atoms with Crippen LogP contribution in [0.25, 0.3) is 17.4 Å². The second kappa shape index (κ2) is 3.49. The number of nitrogen functional groups attached to an aromatic ring is 1. The molecule has 15 heavy (non-hydrogen) atoms. The SMILES string of the molecule is CC(=O)/C=C/n1cnc2c(N)ncnc21. The first-order valence-electron chi connectivity index (χ1n) is 4.30. The van der Waals surface area contributed by atoms with E-state index in [1.165, 1.54) is 25.7 Å². The molecule has 0 saturated heterocycles. The molecular weight excluding hydrogens is 194 g/mol. The highest BCUT2D eigenvalue weighted by Crippen LogP contribution is 2.13. The summed E-state index contributed by atoms with van der Waals surface area (Å²) in [5, 5.41) is 0. The topological polar surface area (TPSA) is 86.7 Å². The summed E-state index contributed by atoms with van der Waals surface area (Å²) in [4.78, 5) is 22.7. The monoisotopic (exact) mass is 203 g/mol. The number of carbonyl (C=O) groups is 1. The number of allylic oxidation sites excluding steroid dienone is 1. The number of carbonyl (C=O) groups excluding carboxylic acids is 1. The van der Waals surface area contributed by atoms with E-state index in [0.29, 0.717) is 17.0 Å². The Labute approximate surface area is 85.5 Å². The van der Waals surface area contributed by atoms with E-state index in [1.54, 1.807) is 10.8 Å². The summed E-state index contributed by atoms with van der Waals surface area (Å²) in [6.07, 6.45) is 5.91. The van der Waals surface area contributed by atoms with E-state index in [-0.39, 0.29) is 5.78 Å². The zero-order valence-corrected chi connectivity index (χ0v) is 8.08. The summed E-state index contributed by atoms with van der Waals surface area (Å²) < 4.78 is 1.62. The minimum atomic E-state index is -0.0427. The van der Waals surface area contributed by atoms with Gasteiger partial charge in [-0.1, -0.05) is 0 Å². The van der Waals surface area contributed by atoms with Crippen LogP contribution in [0.4, 0.5) is 5.82 Å². The minimum absolute atomic E-state index is 0.0427. The van der Waals surface area contributed by atoms with Gasteiger partial charge in [-0.05, 0) is 13.0 Å². The van der Waals surface area contributed by atoms with Crippen molar-refractivity contribution < 1.29 is 4.79 Å². The maximum absolute atomic E-state index is 10.8. The Balaban J connectivity index is 2.54. The van der Waals surface area contributed by atoms with Crippen molar-refractivity contribution in [2.24, 2.45) is 0 Å². The first-order chi connectivity index (χ1) is 7.18. The number of hydrogen-bond donors (Lipinski definition) is 1. The maximum atomic E-state index is 10.8. The van der Waals surface area contributed by atoms with Crippen LogP contribution in [0.2, 0.25) is 0 Å². The van der Waals surface area contributed by atoms with Crippen LogP contribution in [0.3, 0.4) is 0 Å². The second-order valence-corrected chi connectivity index (χ2v) is 3.01. The lowest BCUT2D eigenvalue weighted by molar-refractivity contribution is -0.112. The third-order valence-corrected chi connectivity index (χ3v) is 1.86. The quantitative estimate of drug-likeness (QED) is 0.717. The van der Waals surface area contributed by atoms with Crippen LogP contribution in [0.15, 0.2) is 18.7 Å². The summed E-state index contributed by atoms with van der Waals surface area (Å²) in [5.74, 6) is 0.286. The maximum Gasteiger partial charge on any atom is 0.169 e. The molecule has 2 rings (SSSR count). The van der Waals surface area contributed by atoms with E-state index >= 15 is 0 Å². The molecule has 0 aromatic carbocycles. The molecule has 0 radical (unpaired) electrons. The number of nitrogens with two attached hydrogens (primary N) is 1. The second-order valence-electron chi connectivity index (χ2n) is 3.01. The molecule has 0 atom stereocenters. The Morgan fingerprint density at radius 2 is 2.27 bits per heavy atom.